The SMILES string of the molecule is Cc1ccc(CS(=O)(=O)N2CC(c3nncn3CC(C)C)C3(CCCCC3)C2)cc1. The summed E-state index contributed by atoms with van der Waals surface area (Å²) in [5.41, 5.74) is 1.98. The van der Waals surface area contributed by atoms with Crippen LogP contribution in [-0.2, 0) is 22.3 Å². The molecule has 2 aromatic rings. The minimum Gasteiger partial charge on any atom is -0.317 e. The normalized spacial score (nSPS) is 22.2. The standard InChI is InChI=1S/C23H34N4O2S/c1-18(2)13-26-17-24-25-22(26)21-14-27(16-23(21)11-5-4-6-12-23)30(28,29)15-20-9-7-19(3)8-10-20/h7-10,17-18,21H,4-6,11-16H2,1-3H3. The molecule has 1 saturated carbocycles. The summed E-state index contributed by atoms with van der Waals surface area (Å²) in [6.07, 6.45) is 7.53. The molecule has 30 heavy (non-hydrogen) atoms. The Kier molecular flexibility index (Phi) is 6.04. The van der Waals surface area contributed by atoms with Crippen molar-refractivity contribution in [2.24, 2.45) is 11.3 Å². The van der Waals surface area contributed by atoms with E-state index >= 15 is 0 Å². The molecule has 2 fully saturated rings. The van der Waals surface area contributed by atoms with E-state index in [9.17, 15) is 8.42 Å². The molecule has 1 spiro atoms. The topological polar surface area (TPSA) is 68.1 Å². The molecule has 2 heterocycles. The van der Waals surface area contributed by atoms with Crippen molar-refractivity contribution in [3.63, 3.8) is 0 Å². The zero-order valence-corrected chi connectivity index (χ0v) is 19.2. The van der Waals surface area contributed by atoms with Crippen LogP contribution in [0.5, 0.6) is 0 Å². The van der Waals surface area contributed by atoms with Gasteiger partial charge in [0.05, 0.1) is 5.75 Å². The van der Waals surface area contributed by atoms with E-state index in [1.165, 1.54) is 19.3 Å². The van der Waals surface area contributed by atoms with E-state index in [4.69, 9.17) is 0 Å². The van der Waals surface area contributed by atoms with Gasteiger partial charge in [0.15, 0.2) is 0 Å². The second kappa shape index (κ2) is 8.42. The van der Waals surface area contributed by atoms with Gasteiger partial charge < -0.3 is 4.57 Å². The molecule has 1 aliphatic heterocycles. The van der Waals surface area contributed by atoms with Gasteiger partial charge in [-0.05, 0) is 36.7 Å². The van der Waals surface area contributed by atoms with Gasteiger partial charge in [-0.15, -0.1) is 10.2 Å². The molecule has 1 atom stereocenters. The summed E-state index contributed by atoms with van der Waals surface area (Å²) >= 11 is 0. The summed E-state index contributed by atoms with van der Waals surface area (Å²) in [6, 6.07) is 7.81. The summed E-state index contributed by atoms with van der Waals surface area (Å²) in [7, 11) is -3.39. The van der Waals surface area contributed by atoms with Crippen LogP contribution < -0.4 is 0 Å². The van der Waals surface area contributed by atoms with Gasteiger partial charge in [-0.2, -0.15) is 0 Å². The molecule has 7 heteroatoms. The van der Waals surface area contributed by atoms with Crippen LogP contribution in [0.1, 0.15) is 68.8 Å². The zero-order valence-electron chi connectivity index (χ0n) is 18.4. The summed E-state index contributed by atoms with van der Waals surface area (Å²) in [5, 5.41) is 8.71. The molecule has 1 saturated heterocycles. The average molecular weight is 431 g/mol. The van der Waals surface area contributed by atoms with Crippen LogP contribution in [0.3, 0.4) is 0 Å². The first-order valence-electron chi connectivity index (χ1n) is 11.2. The quantitative estimate of drug-likeness (QED) is 0.691. The van der Waals surface area contributed by atoms with Gasteiger partial charge in [-0.1, -0.05) is 62.9 Å². The number of nitrogens with zero attached hydrogens (tertiary/aromatic N) is 4. The molecule has 1 unspecified atom stereocenters. The number of rotatable bonds is 6. The number of benzene rings is 1. The molecule has 4 rings (SSSR count). The number of hydrogen-bond acceptors (Lipinski definition) is 4. The zero-order chi connectivity index (χ0) is 21.4. The molecule has 6 nitrogen and oxygen atoms in total. The first-order chi connectivity index (χ1) is 14.3. The van der Waals surface area contributed by atoms with Gasteiger partial charge in [0.1, 0.15) is 12.2 Å². The fourth-order valence-electron chi connectivity index (χ4n) is 5.31. The number of hydrogen-bond donors (Lipinski definition) is 0. The minimum absolute atomic E-state index is 0.0135. The number of aryl methyl sites for hydroxylation is 1. The lowest BCUT2D eigenvalue weighted by molar-refractivity contribution is 0.175. The molecule has 0 N–H and O–H groups in total. The summed E-state index contributed by atoms with van der Waals surface area (Å²) < 4.78 is 30.6. The number of sulfonamides is 1. The van der Waals surface area contributed by atoms with E-state index in [1.807, 2.05) is 37.5 Å². The molecule has 164 valence electrons. The molecule has 2 aliphatic rings. The fourth-order valence-corrected chi connectivity index (χ4v) is 6.93. The molecule has 1 aromatic carbocycles. The lowest BCUT2D eigenvalue weighted by atomic mass is 9.67. The highest BCUT2D eigenvalue weighted by molar-refractivity contribution is 7.88. The highest BCUT2D eigenvalue weighted by Crippen LogP contribution is 2.52. The van der Waals surface area contributed by atoms with Crippen LogP contribution in [0.4, 0.5) is 0 Å². The van der Waals surface area contributed by atoms with E-state index in [1.54, 1.807) is 4.31 Å². The highest BCUT2D eigenvalue weighted by atomic mass is 32.2. The molecule has 0 bridgehead atoms. The predicted molar refractivity (Wildman–Crippen MR) is 118 cm³/mol. The van der Waals surface area contributed by atoms with Crippen molar-refractivity contribution in [1.29, 1.82) is 0 Å². The Morgan fingerprint density at radius 2 is 1.83 bits per heavy atom. The lowest BCUT2D eigenvalue weighted by Crippen LogP contribution is -2.35. The van der Waals surface area contributed by atoms with E-state index in [0.717, 1.165) is 36.3 Å². The van der Waals surface area contributed by atoms with E-state index < -0.39 is 10.0 Å². The maximum absolute atomic E-state index is 13.4. The van der Waals surface area contributed by atoms with E-state index in [-0.39, 0.29) is 17.1 Å². The Labute approximate surface area is 180 Å². The maximum Gasteiger partial charge on any atom is 0.218 e. The van der Waals surface area contributed by atoms with Crippen LogP contribution in [0.25, 0.3) is 0 Å². The Morgan fingerprint density at radius 1 is 1.13 bits per heavy atom. The monoisotopic (exact) mass is 430 g/mol. The summed E-state index contributed by atoms with van der Waals surface area (Å²) in [4.78, 5) is 0. The third kappa shape index (κ3) is 4.33. The van der Waals surface area contributed by atoms with Crippen molar-refractivity contribution >= 4 is 10.0 Å². The lowest BCUT2D eigenvalue weighted by Gasteiger charge is -2.37. The van der Waals surface area contributed by atoms with Gasteiger partial charge in [0, 0.05) is 25.6 Å². The molecule has 0 amide bonds. The van der Waals surface area contributed by atoms with Crippen LogP contribution in [-0.4, -0.2) is 40.6 Å². The Hall–Kier alpha value is -1.73. The smallest absolute Gasteiger partial charge is 0.218 e. The van der Waals surface area contributed by atoms with Crippen molar-refractivity contribution in [2.45, 2.75) is 71.1 Å². The van der Waals surface area contributed by atoms with Crippen LogP contribution >= 0.6 is 0 Å². The fraction of sp³-hybridized carbons (Fsp3) is 0.652. The highest BCUT2D eigenvalue weighted by Gasteiger charge is 2.52. The second-order valence-electron chi connectivity index (χ2n) is 9.75. The molecular weight excluding hydrogens is 396 g/mol. The van der Waals surface area contributed by atoms with E-state index in [2.05, 4.69) is 28.6 Å². The Balaban J connectivity index is 1.62. The Bertz CT molecular complexity index is 959. The number of aromatic nitrogens is 3. The molecular formula is C23H34N4O2S. The average Bonchev–Trinajstić information content (AvgIpc) is 3.28. The maximum atomic E-state index is 13.4. The third-order valence-electron chi connectivity index (χ3n) is 6.85. The summed E-state index contributed by atoms with van der Waals surface area (Å²) in [5.74, 6) is 1.64. The van der Waals surface area contributed by atoms with Crippen molar-refractivity contribution in [2.75, 3.05) is 13.1 Å². The van der Waals surface area contributed by atoms with Crippen LogP contribution in [0.15, 0.2) is 30.6 Å². The summed E-state index contributed by atoms with van der Waals surface area (Å²) in [6.45, 7) is 8.39. The Morgan fingerprint density at radius 3 is 2.50 bits per heavy atom. The van der Waals surface area contributed by atoms with Gasteiger partial charge in [-0.25, -0.2) is 12.7 Å². The van der Waals surface area contributed by atoms with Gasteiger partial charge in [-0.3, -0.25) is 0 Å². The first kappa shape index (κ1) is 21.5. The predicted octanol–water partition coefficient (Wildman–Crippen LogP) is 4.12. The molecule has 0 radical (unpaired) electrons. The van der Waals surface area contributed by atoms with Gasteiger partial charge >= 0.3 is 0 Å². The minimum atomic E-state index is -3.39. The third-order valence-corrected chi connectivity index (χ3v) is 8.61. The molecule has 1 aliphatic carbocycles. The van der Waals surface area contributed by atoms with Crippen molar-refractivity contribution in [1.82, 2.24) is 19.1 Å². The largest absolute Gasteiger partial charge is 0.317 e. The van der Waals surface area contributed by atoms with Gasteiger partial charge in [0.2, 0.25) is 10.0 Å². The molecule has 1 aromatic heterocycles. The van der Waals surface area contributed by atoms with Crippen molar-refractivity contribution in [3.05, 3.63) is 47.5 Å². The second-order valence-corrected chi connectivity index (χ2v) is 11.7. The van der Waals surface area contributed by atoms with Crippen molar-refractivity contribution in [3.8, 4) is 0 Å². The van der Waals surface area contributed by atoms with Crippen LogP contribution in [0.2, 0.25) is 0 Å². The van der Waals surface area contributed by atoms with Crippen LogP contribution in [0, 0.1) is 18.3 Å². The van der Waals surface area contributed by atoms with E-state index in [0.29, 0.717) is 19.0 Å². The first-order valence-corrected chi connectivity index (χ1v) is 12.8. The van der Waals surface area contributed by atoms with Gasteiger partial charge in [0.25, 0.3) is 0 Å². The van der Waals surface area contributed by atoms with Crippen molar-refractivity contribution < 1.29 is 8.42 Å².